The summed E-state index contributed by atoms with van der Waals surface area (Å²) in [6, 6.07) is 50.7. The fourth-order valence-electron chi connectivity index (χ4n) is 6.84. The summed E-state index contributed by atoms with van der Waals surface area (Å²) < 4.78 is 0. The van der Waals surface area contributed by atoms with Crippen LogP contribution in [0.3, 0.4) is 0 Å². The van der Waals surface area contributed by atoms with Gasteiger partial charge < -0.3 is 9.97 Å². The molecule has 49 heavy (non-hydrogen) atoms. The second-order valence-electron chi connectivity index (χ2n) is 12.0. The van der Waals surface area contributed by atoms with Crippen LogP contribution < -0.4 is 0 Å². The van der Waals surface area contributed by atoms with Gasteiger partial charge in [0.2, 0.25) is 0 Å². The van der Waals surface area contributed by atoms with Crippen molar-refractivity contribution >= 4 is 72.2 Å². The Morgan fingerprint density at radius 1 is 0.286 bits per heavy atom. The Kier molecular flexibility index (Phi) is 8.20. The minimum Gasteiger partial charge on any atom is -0.354 e. The molecule has 4 nitrogen and oxygen atoms in total. The maximum atomic E-state index is 5.35. The number of benzene rings is 4. The van der Waals surface area contributed by atoms with Crippen molar-refractivity contribution in [1.82, 2.24) is 19.9 Å². The summed E-state index contributed by atoms with van der Waals surface area (Å²) in [5, 5.41) is 0. The molecule has 5 heteroatoms. The number of aromatic amines is 2. The van der Waals surface area contributed by atoms with Crippen LogP contribution in [-0.4, -0.2) is 45.8 Å². The molecule has 3 aromatic heterocycles. The predicted octanol–water partition coefficient (Wildman–Crippen LogP) is 10.9. The van der Waals surface area contributed by atoms with E-state index in [0.717, 1.165) is 89.4 Å². The Balaban J connectivity index is 0.00000348. The van der Waals surface area contributed by atoms with Crippen molar-refractivity contribution in [2.75, 3.05) is 0 Å². The zero-order valence-electron chi connectivity index (χ0n) is 26.6. The van der Waals surface area contributed by atoms with Gasteiger partial charge >= 0.3 is 0 Å². The van der Waals surface area contributed by atoms with Crippen molar-refractivity contribution in [3.8, 4) is 44.5 Å². The molecule has 2 aliphatic rings. The molecule has 2 N–H and O–H groups in total. The minimum absolute atomic E-state index is 0. The van der Waals surface area contributed by atoms with Crippen LogP contribution in [0, 0.1) is 0 Å². The average Bonchev–Trinajstić information content (AvgIpc) is 3.98. The number of H-pyrrole nitrogens is 2. The summed E-state index contributed by atoms with van der Waals surface area (Å²) in [6.07, 6.45) is 8.54. The van der Waals surface area contributed by atoms with Crippen LogP contribution in [0.1, 0.15) is 22.8 Å². The summed E-state index contributed by atoms with van der Waals surface area (Å²) >= 11 is 0. The van der Waals surface area contributed by atoms with Crippen LogP contribution in [0.4, 0.5) is 0 Å². The topological polar surface area (TPSA) is 57.4 Å². The van der Waals surface area contributed by atoms with Crippen LogP contribution in [0.2, 0.25) is 0 Å². The molecule has 4 aromatic carbocycles. The van der Waals surface area contributed by atoms with Gasteiger partial charge in [0.15, 0.2) is 0 Å². The third-order valence-corrected chi connectivity index (χ3v) is 9.00. The Labute approximate surface area is 303 Å². The first kappa shape index (κ1) is 30.7. The fraction of sp³-hybridized carbons (Fsp3) is 0. The molecule has 3 radical (unpaired) electrons. The van der Waals surface area contributed by atoms with Crippen molar-refractivity contribution in [3.05, 3.63) is 168 Å². The number of rotatable bonds is 4. The molecule has 0 saturated heterocycles. The van der Waals surface area contributed by atoms with E-state index >= 15 is 0 Å². The summed E-state index contributed by atoms with van der Waals surface area (Å²) in [5.74, 6) is 0. The van der Waals surface area contributed by atoms with Crippen molar-refractivity contribution < 1.29 is 0 Å². The van der Waals surface area contributed by atoms with E-state index in [2.05, 4.69) is 156 Å². The van der Waals surface area contributed by atoms with Crippen molar-refractivity contribution in [2.45, 2.75) is 0 Å². The van der Waals surface area contributed by atoms with E-state index in [1.807, 2.05) is 24.3 Å². The first-order valence-electron chi connectivity index (χ1n) is 16.2. The maximum absolute atomic E-state index is 5.35. The number of hydrogen-bond donors (Lipinski definition) is 2. The van der Waals surface area contributed by atoms with Crippen molar-refractivity contribution in [2.24, 2.45) is 0 Å². The van der Waals surface area contributed by atoms with Gasteiger partial charge in [-0.3, -0.25) is 0 Å². The number of nitrogens with zero attached hydrogens (tertiary/aromatic N) is 2. The Morgan fingerprint density at radius 3 is 0.735 bits per heavy atom. The van der Waals surface area contributed by atoms with E-state index in [9.17, 15) is 0 Å². The van der Waals surface area contributed by atoms with Gasteiger partial charge in [-0.05, 0) is 70.8 Å². The SMILES string of the molecule is C1=Cc2nc1c(-c1ccccc1)c1ccc([nH]1)c(-c1ccccc1)c1nc(c(-c3ccccc3)c3ccc([nH]3)c2-c2ccccc2)C=C1.[In]. The average molecular weight is 730 g/mol. The normalized spacial score (nSPS) is 11.8. The van der Waals surface area contributed by atoms with Gasteiger partial charge in [0.05, 0.1) is 22.8 Å². The molecule has 2 aliphatic heterocycles. The molecule has 0 unspecified atom stereocenters. The van der Waals surface area contributed by atoms with Gasteiger partial charge in [0, 0.05) is 70.2 Å². The molecule has 0 aliphatic carbocycles. The maximum Gasteiger partial charge on any atom is 0.0737 e. The van der Waals surface area contributed by atoms with Crippen LogP contribution in [0.25, 0.3) is 90.9 Å². The van der Waals surface area contributed by atoms with E-state index in [-0.39, 0.29) is 25.8 Å². The van der Waals surface area contributed by atoms with Gasteiger partial charge in [0.1, 0.15) is 0 Å². The second-order valence-corrected chi connectivity index (χ2v) is 12.0. The van der Waals surface area contributed by atoms with Gasteiger partial charge in [-0.1, -0.05) is 121 Å². The van der Waals surface area contributed by atoms with Crippen LogP contribution in [0.5, 0.6) is 0 Å². The van der Waals surface area contributed by atoms with Crippen LogP contribution >= 0.6 is 0 Å². The smallest absolute Gasteiger partial charge is 0.0737 e. The third kappa shape index (κ3) is 5.66. The van der Waals surface area contributed by atoms with E-state index in [1.165, 1.54) is 0 Å². The molecule has 0 atom stereocenters. The Morgan fingerprint density at radius 2 is 0.510 bits per heavy atom. The largest absolute Gasteiger partial charge is 0.354 e. The molecule has 229 valence electrons. The molecule has 9 rings (SSSR count). The molecular weight excluding hydrogens is 699 g/mol. The van der Waals surface area contributed by atoms with E-state index in [4.69, 9.17) is 9.97 Å². The van der Waals surface area contributed by atoms with E-state index in [1.54, 1.807) is 0 Å². The number of nitrogens with one attached hydrogen (secondary N) is 2. The van der Waals surface area contributed by atoms with Gasteiger partial charge in [-0.15, -0.1) is 0 Å². The Hall–Kier alpha value is -5.65. The standard InChI is InChI=1S/C44H30N4.In/c1-5-13-29(14-6-1)41-33-21-23-35(45-33)42(30-15-7-2-8-16-30)37-25-27-39(47-37)44(32-19-11-4-12-20-32)40-28-26-38(48-40)43(31-17-9-3-10-18-31)36-24-22-34(41)46-36;/h1-28,45,48H;. The predicted molar refractivity (Wildman–Crippen MR) is 206 cm³/mol. The van der Waals surface area contributed by atoms with Crippen LogP contribution in [0.15, 0.2) is 146 Å². The Bertz CT molecular complexity index is 2180. The summed E-state index contributed by atoms with van der Waals surface area (Å²) in [6.45, 7) is 0. The zero-order valence-corrected chi connectivity index (χ0v) is 29.9. The molecule has 0 fully saturated rings. The quantitative estimate of drug-likeness (QED) is 0.190. The molecule has 0 amide bonds. The minimum atomic E-state index is 0. The number of hydrogen-bond acceptors (Lipinski definition) is 2. The zero-order chi connectivity index (χ0) is 31.9. The molecule has 0 saturated carbocycles. The second kappa shape index (κ2) is 13.1. The summed E-state index contributed by atoms with van der Waals surface area (Å²) in [7, 11) is 0. The monoisotopic (exact) mass is 729 g/mol. The van der Waals surface area contributed by atoms with E-state index < -0.39 is 0 Å². The molecule has 0 spiro atoms. The van der Waals surface area contributed by atoms with Crippen molar-refractivity contribution in [3.63, 3.8) is 0 Å². The molecule has 7 aromatic rings. The van der Waals surface area contributed by atoms with Crippen LogP contribution in [-0.2, 0) is 0 Å². The molecule has 8 bridgehead atoms. The van der Waals surface area contributed by atoms with Gasteiger partial charge in [-0.25, -0.2) is 9.97 Å². The number of aromatic nitrogens is 4. The molecule has 5 heterocycles. The number of fused-ring (bicyclic) bond motifs is 8. The van der Waals surface area contributed by atoms with E-state index in [0.29, 0.717) is 0 Å². The van der Waals surface area contributed by atoms with Gasteiger partial charge in [0.25, 0.3) is 0 Å². The summed E-state index contributed by atoms with van der Waals surface area (Å²) in [4.78, 5) is 18.3. The molecular formula is C44H30InN4. The summed E-state index contributed by atoms with van der Waals surface area (Å²) in [5.41, 5.74) is 16.2. The first-order chi connectivity index (χ1) is 23.8. The fourth-order valence-corrected chi connectivity index (χ4v) is 6.84. The van der Waals surface area contributed by atoms with Crippen molar-refractivity contribution in [1.29, 1.82) is 0 Å². The third-order valence-electron chi connectivity index (χ3n) is 9.00. The first-order valence-corrected chi connectivity index (χ1v) is 16.2. The van der Waals surface area contributed by atoms with Gasteiger partial charge in [-0.2, -0.15) is 0 Å².